The van der Waals surface area contributed by atoms with Crippen LogP contribution >= 0.6 is 0 Å². The van der Waals surface area contributed by atoms with Gasteiger partial charge in [0.15, 0.2) is 6.10 Å². The van der Waals surface area contributed by atoms with Crippen molar-refractivity contribution in [2.75, 3.05) is 13.2 Å². The lowest BCUT2D eigenvalue weighted by atomic mass is 10.0. The van der Waals surface area contributed by atoms with E-state index < -0.39 is 18.2 Å². The molecule has 0 saturated carbocycles. The summed E-state index contributed by atoms with van der Waals surface area (Å²) in [5.41, 5.74) is 0. The standard InChI is InChI=1S/C43H76O6/c1-4-5-6-7-23-28-33-40(45)34-29-24-19-16-17-21-26-31-36-43(47)49-41(37-44)38-48-42(46)35-30-25-20-15-13-11-9-8-10-12-14-18-22-27-32-39(2)3/h17,19,21,23-24,28-29,34,39-41,44-45H,4-16,18,20,22,25-27,30-33,35-38H2,1-3H3/b21-17-,24-19-,28-23-,34-29+/t40-,41-/m0/s1. The summed E-state index contributed by atoms with van der Waals surface area (Å²) in [6, 6.07) is 0. The molecule has 0 rings (SSSR count). The normalized spacial score (nSPS) is 13.4. The van der Waals surface area contributed by atoms with Crippen LogP contribution in [-0.2, 0) is 19.1 Å². The number of aliphatic hydroxyl groups is 2. The maximum absolute atomic E-state index is 12.1. The van der Waals surface area contributed by atoms with Gasteiger partial charge < -0.3 is 19.7 Å². The Bertz CT molecular complexity index is 858. The number of allylic oxidation sites excluding steroid dienone is 6. The van der Waals surface area contributed by atoms with Gasteiger partial charge in [-0.2, -0.15) is 0 Å². The van der Waals surface area contributed by atoms with Crippen molar-refractivity contribution in [3.63, 3.8) is 0 Å². The molecule has 284 valence electrons. The Labute approximate surface area is 301 Å². The number of unbranched alkanes of at least 4 members (excludes halogenated alkanes) is 17. The Morgan fingerprint density at radius 1 is 0.633 bits per heavy atom. The molecule has 0 unspecified atom stereocenters. The van der Waals surface area contributed by atoms with E-state index in [1.807, 2.05) is 30.4 Å². The lowest BCUT2D eigenvalue weighted by Gasteiger charge is -2.15. The Hall–Kier alpha value is -2.18. The molecule has 0 aliphatic rings. The van der Waals surface area contributed by atoms with E-state index in [-0.39, 0.29) is 25.6 Å². The van der Waals surface area contributed by atoms with E-state index in [0.717, 1.165) is 44.4 Å². The van der Waals surface area contributed by atoms with Crippen LogP contribution in [0.25, 0.3) is 0 Å². The molecule has 2 N–H and O–H groups in total. The SMILES string of the molecule is CCCCC/C=C\C[C@H](O)/C=C/C=C\C/C=C\CCCC(=O)O[C@@H](CO)COC(=O)CCCCCCCCCCCCCCCCC(C)C. The van der Waals surface area contributed by atoms with Gasteiger partial charge in [-0.1, -0.05) is 172 Å². The Morgan fingerprint density at radius 3 is 1.82 bits per heavy atom. The summed E-state index contributed by atoms with van der Waals surface area (Å²) in [4.78, 5) is 24.2. The van der Waals surface area contributed by atoms with E-state index in [4.69, 9.17) is 9.47 Å². The fraction of sp³-hybridized carbons (Fsp3) is 0.767. The van der Waals surface area contributed by atoms with Crippen molar-refractivity contribution in [3.05, 3.63) is 48.6 Å². The number of aliphatic hydroxyl groups excluding tert-OH is 2. The van der Waals surface area contributed by atoms with Crippen LogP contribution in [0.15, 0.2) is 48.6 Å². The number of carbonyl (C=O) groups is 2. The summed E-state index contributed by atoms with van der Waals surface area (Å²) in [6.45, 7) is 6.34. The highest BCUT2D eigenvalue weighted by molar-refractivity contribution is 5.70. The van der Waals surface area contributed by atoms with Crippen LogP contribution in [-0.4, -0.2) is 47.6 Å². The minimum absolute atomic E-state index is 0.104. The van der Waals surface area contributed by atoms with Gasteiger partial charge in [-0.3, -0.25) is 9.59 Å². The summed E-state index contributed by atoms with van der Waals surface area (Å²) >= 11 is 0. The first kappa shape index (κ1) is 46.8. The lowest BCUT2D eigenvalue weighted by molar-refractivity contribution is -0.161. The van der Waals surface area contributed by atoms with Crippen molar-refractivity contribution in [2.24, 2.45) is 5.92 Å². The fourth-order valence-corrected chi connectivity index (χ4v) is 5.52. The molecule has 0 saturated heterocycles. The zero-order valence-corrected chi connectivity index (χ0v) is 32.0. The maximum atomic E-state index is 12.1. The topological polar surface area (TPSA) is 93.1 Å². The third-order valence-electron chi connectivity index (χ3n) is 8.63. The second-order valence-electron chi connectivity index (χ2n) is 14.0. The molecule has 0 aromatic heterocycles. The van der Waals surface area contributed by atoms with Gasteiger partial charge in [-0.15, -0.1) is 0 Å². The van der Waals surface area contributed by atoms with Crippen molar-refractivity contribution in [3.8, 4) is 0 Å². The smallest absolute Gasteiger partial charge is 0.306 e. The highest BCUT2D eigenvalue weighted by Crippen LogP contribution is 2.15. The van der Waals surface area contributed by atoms with Gasteiger partial charge in [-0.25, -0.2) is 0 Å². The van der Waals surface area contributed by atoms with Crippen LogP contribution in [0.1, 0.15) is 181 Å². The molecule has 0 aliphatic carbocycles. The summed E-state index contributed by atoms with van der Waals surface area (Å²) in [5.74, 6) is 0.150. The highest BCUT2D eigenvalue weighted by atomic mass is 16.6. The van der Waals surface area contributed by atoms with E-state index in [9.17, 15) is 19.8 Å². The molecule has 49 heavy (non-hydrogen) atoms. The predicted octanol–water partition coefficient (Wildman–Crippen LogP) is 11.4. The Kier molecular flexibility index (Phi) is 35.4. The van der Waals surface area contributed by atoms with Crippen molar-refractivity contribution in [1.29, 1.82) is 0 Å². The van der Waals surface area contributed by atoms with Gasteiger partial charge >= 0.3 is 11.9 Å². The molecular formula is C43H76O6. The summed E-state index contributed by atoms with van der Waals surface area (Å²) in [6.07, 6.45) is 42.0. The monoisotopic (exact) mass is 689 g/mol. The molecule has 2 atom stereocenters. The van der Waals surface area contributed by atoms with Crippen LogP contribution in [0.5, 0.6) is 0 Å². The van der Waals surface area contributed by atoms with Crippen LogP contribution in [0.3, 0.4) is 0 Å². The molecular weight excluding hydrogens is 612 g/mol. The van der Waals surface area contributed by atoms with E-state index in [1.54, 1.807) is 6.08 Å². The number of esters is 2. The predicted molar refractivity (Wildman–Crippen MR) is 206 cm³/mol. The Balaban J connectivity index is 3.70. The van der Waals surface area contributed by atoms with Gasteiger partial charge in [0.25, 0.3) is 0 Å². The average molecular weight is 689 g/mol. The summed E-state index contributed by atoms with van der Waals surface area (Å²) < 4.78 is 10.5. The third kappa shape index (κ3) is 36.9. The maximum Gasteiger partial charge on any atom is 0.306 e. The molecule has 0 amide bonds. The van der Waals surface area contributed by atoms with Crippen LogP contribution in [0, 0.1) is 5.92 Å². The minimum Gasteiger partial charge on any atom is -0.462 e. The quantitative estimate of drug-likeness (QED) is 0.0298. The molecule has 6 nitrogen and oxygen atoms in total. The van der Waals surface area contributed by atoms with Crippen LogP contribution in [0.4, 0.5) is 0 Å². The minimum atomic E-state index is -0.819. The first-order valence-corrected chi connectivity index (χ1v) is 20.2. The van der Waals surface area contributed by atoms with Crippen molar-refractivity contribution in [1.82, 2.24) is 0 Å². The first-order valence-electron chi connectivity index (χ1n) is 20.2. The van der Waals surface area contributed by atoms with Crippen molar-refractivity contribution < 1.29 is 29.3 Å². The number of hydrogen-bond acceptors (Lipinski definition) is 6. The van der Waals surface area contributed by atoms with Crippen molar-refractivity contribution >= 4 is 11.9 Å². The third-order valence-corrected chi connectivity index (χ3v) is 8.63. The van der Waals surface area contributed by atoms with Gasteiger partial charge in [-0.05, 0) is 50.9 Å². The fourth-order valence-electron chi connectivity index (χ4n) is 5.52. The second-order valence-corrected chi connectivity index (χ2v) is 14.0. The van der Waals surface area contributed by atoms with E-state index in [0.29, 0.717) is 19.3 Å². The summed E-state index contributed by atoms with van der Waals surface area (Å²) in [5, 5.41) is 19.5. The van der Waals surface area contributed by atoms with Gasteiger partial charge in [0.1, 0.15) is 6.61 Å². The molecule has 6 heteroatoms. The first-order chi connectivity index (χ1) is 23.9. The molecule has 0 aromatic rings. The van der Waals surface area contributed by atoms with E-state index in [1.165, 1.54) is 96.3 Å². The zero-order chi connectivity index (χ0) is 36.0. The van der Waals surface area contributed by atoms with Gasteiger partial charge in [0.2, 0.25) is 0 Å². The number of hydrogen-bond donors (Lipinski definition) is 2. The number of ether oxygens (including phenoxy) is 2. The largest absolute Gasteiger partial charge is 0.462 e. The lowest BCUT2D eigenvalue weighted by Crippen LogP contribution is -2.28. The molecule has 0 radical (unpaired) electrons. The van der Waals surface area contributed by atoms with Crippen molar-refractivity contribution in [2.45, 2.75) is 193 Å². The Morgan fingerprint density at radius 2 is 1.20 bits per heavy atom. The van der Waals surface area contributed by atoms with E-state index >= 15 is 0 Å². The molecule has 0 spiro atoms. The number of carbonyl (C=O) groups excluding carboxylic acids is 2. The zero-order valence-electron chi connectivity index (χ0n) is 32.0. The second kappa shape index (κ2) is 37.1. The molecule has 0 fully saturated rings. The summed E-state index contributed by atoms with van der Waals surface area (Å²) in [7, 11) is 0. The van der Waals surface area contributed by atoms with Crippen LogP contribution in [0.2, 0.25) is 0 Å². The van der Waals surface area contributed by atoms with E-state index in [2.05, 4.69) is 32.9 Å². The molecule has 0 bridgehead atoms. The molecule has 0 aliphatic heterocycles. The average Bonchev–Trinajstić information content (AvgIpc) is 3.08. The number of rotatable bonds is 35. The molecule has 0 heterocycles. The van der Waals surface area contributed by atoms with Gasteiger partial charge in [0.05, 0.1) is 12.7 Å². The highest BCUT2D eigenvalue weighted by Gasteiger charge is 2.16. The van der Waals surface area contributed by atoms with Crippen LogP contribution < -0.4 is 0 Å². The van der Waals surface area contributed by atoms with Gasteiger partial charge in [0, 0.05) is 12.8 Å². The molecule has 0 aromatic carbocycles.